The number of hydrogen-bond acceptors (Lipinski definition) is 6. The SMILES string of the molecule is CCOC(=O)CCN(Cc1cccnc1)C(=O)c1cc2c(C)nn(Cc3ccc(Cl)cc3)c2s1. The lowest BCUT2D eigenvalue weighted by Crippen LogP contribution is -2.32. The Kier molecular flexibility index (Phi) is 7.59. The number of aromatic nitrogens is 3. The fourth-order valence-corrected chi connectivity index (χ4v) is 4.92. The van der Waals surface area contributed by atoms with E-state index in [4.69, 9.17) is 16.3 Å². The number of hydrogen-bond donors (Lipinski definition) is 0. The van der Waals surface area contributed by atoms with Gasteiger partial charge in [-0.25, -0.2) is 0 Å². The summed E-state index contributed by atoms with van der Waals surface area (Å²) in [5, 5.41) is 6.30. The van der Waals surface area contributed by atoms with E-state index in [1.54, 1.807) is 24.2 Å². The Morgan fingerprint density at radius 1 is 1.18 bits per heavy atom. The second-order valence-electron chi connectivity index (χ2n) is 7.84. The zero-order chi connectivity index (χ0) is 24.1. The zero-order valence-electron chi connectivity index (χ0n) is 19.0. The van der Waals surface area contributed by atoms with Gasteiger partial charge >= 0.3 is 5.97 Å². The Hall–Kier alpha value is -3.23. The van der Waals surface area contributed by atoms with E-state index in [0.29, 0.717) is 29.6 Å². The number of amides is 1. The molecule has 0 atom stereocenters. The molecule has 0 aliphatic carbocycles. The van der Waals surface area contributed by atoms with Crippen LogP contribution in [0.4, 0.5) is 0 Å². The van der Waals surface area contributed by atoms with Crippen molar-refractivity contribution < 1.29 is 14.3 Å². The van der Waals surface area contributed by atoms with Crippen LogP contribution in [0.2, 0.25) is 5.02 Å². The number of pyridine rings is 1. The van der Waals surface area contributed by atoms with Crippen LogP contribution in [0.5, 0.6) is 0 Å². The third kappa shape index (κ3) is 5.63. The summed E-state index contributed by atoms with van der Waals surface area (Å²) < 4.78 is 6.97. The molecule has 3 aromatic heterocycles. The number of ether oxygens (including phenoxy) is 1. The molecule has 34 heavy (non-hydrogen) atoms. The van der Waals surface area contributed by atoms with Crippen molar-refractivity contribution in [2.75, 3.05) is 13.2 Å². The summed E-state index contributed by atoms with van der Waals surface area (Å²) >= 11 is 7.42. The molecule has 1 aromatic carbocycles. The molecule has 0 unspecified atom stereocenters. The number of carbonyl (C=O) groups excluding carboxylic acids is 2. The third-order valence-electron chi connectivity index (χ3n) is 5.34. The topological polar surface area (TPSA) is 77.3 Å². The number of carbonyl (C=O) groups is 2. The van der Waals surface area contributed by atoms with Crippen LogP contribution in [-0.2, 0) is 22.6 Å². The van der Waals surface area contributed by atoms with Gasteiger partial charge in [0.15, 0.2) is 0 Å². The quantitative estimate of drug-likeness (QED) is 0.301. The second-order valence-corrected chi connectivity index (χ2v) is 9.31. The van der Waals surface area contributed by atoms with E-state index >= 15 is 0 Å². The highest BCUT2D eigenvalue weighted by molar-refractivity contribution is 7.20. The van der Waals surface area contributed by atoms with Crippen molar-refractivity contribution in [3.05, 3.63) is 81.6 Å². The normalized spacial score (nSPS) is 11.0. The van der Waals surface area contributed by atoms with Gasteiger partial charge in [-0.3, -0.25) is 19.3 Å². The standard InChI is InChI=1S/C25H25ClN4O3S/c1-3-33-23(31)10-12-29(15-19-5-4-11-27-14-19)24(32)22-13-21-17(2)28-30(25(21)34-22)16-18-6-8-20(26)9-7-18/h4-9,11,13-14H,3,10,12,15-16H2,1-2H3. The summed E-state index contributed by atoms with van der Waals surface area (Å²) in [6, 6.07) is 13.3. The minimum absolute atomic E-state index is 0.133. The average Bonchev–Trinajstić information content (AvgIpc) is 3.39. The van der Waals surface area contributed by atoms with Gasteiger partial charge in [-0.2, -0.15) is 5.10 Å². The highest BCUT2D eigenvalue weighted by Crippen LogP contribution is 2.30. The molecular formula is C25H25ClN4O3S. The molecule has 0 N–H and O–H groups in total. The minimum Gasteiger partial charge on any atom is -0.466 e. The molecular weight excluding hydrogens is 472 g/mol. The van der Waals surface area contributed by atoms with Gasteiger partial charge in [0.25, 0.3) is 5.91 Å². The molecule has 0 radical (unpaired) electrons. The molecule has 4 rings (SSSR count). The van der Waals surface area contributed by atoms with Crippen LogP contribution < -0.4 is 0 Å². The van der Waals surface area contributed by atoms with E-state index < -0.39 is 0 Å². The van der Waals surface area contributed by atoms with Gasteiger partial charge in [-0.05, 0) is 49.2 Å². The molecule has 0 aliphatic rings. The number of rotatable bonds is 9. The van der Waals surface area contributed by atoms with Gasteiger partial charge in [-0.15, -0.1) is 11.3 Å². The molecule has 0 saturated heterocycles. The Balaban J connectivity index is 1.59. The number of fused-ring (bicyclic) bond motifs is 1. The maximum atomic E-state index is 13.5. The number of halogens is 1. The highest BCUT2D eigenvalue weighted by atomic mass is 35.5. The first kappa shape index (κ1) is 23.9. The van der Waals surface area contributed by atoms with Crippen molar-refractivity contribution >= 4 is 45.0 Å². The van der Waals surface area contributed by atoms with Gasteiger partial charge in [-0.1, -0.05) is 29.8 Å². The lowest BCUT2D eigenvalue weighted by Gasteiger charge is -2.21. The first-order valence-corrected chi connectivity index (χ1v) is 12.2. The largest absolute Gasteiger partial charge is 0.466 e. The molecule has 4 aromatic rings. The number of aryl methyl sites for hydroxylation is 1. The van der Waals surface area contributed by atoms with Crippen LogP contribution in [-0.4, -0.2) is 44.7 Å². The van der Waals surface area contributed by atoms with Gasteiger partial charge in [0.2, 0.25) is 0 Å². The minimum atomic E-state index is -0.322. The molecule has 7 nitrogen and oxygen atoms in total. The predicted molar refractivity (Wildman–Crippen MR) is 133 cm³/mol. The summed E-state index contributed by atoms with van der Waals surface area (Å²) in [5.41, 5.74) is 2.83. The summed E-state index contributed by atoms with van der Waals surface area (Å²) in [5.74, 6) is -0.455. The van der Waals surface area contributed by atoms with Crippen molar-refractivity contribution in [3.8, 4) is 0 Å². The molecule has 0 saturated carbocycles. The van der Waals surface area contributed by atoms with E-state index in [2.05, 4.69) is 10.1 Å². The molecule has 3 heterocycles. The van der Waals surface area contributed by atoms with Crippen LogP contribution in [0.15, 0.2) is 54.9 Å². The van der Waals surface area contributed by atoms with E-state index in [-0.39, 0.29) is 24.8 Å². The van der Waals surface area contributed by atoms with Crippen LogP contribution >= 0.6 is 22.9 Å². The van der Waals surface area contributed by atoms with Crippen LogP contribution in [0.25, 0.3) is 10.2 Å². The number of nitrogens with zero attached hydrogens (tertiary/aromatic N) is 4. The predicted octanol–water partition coefficient (Wildman–Crippen LogP) is 5.10. The Bertz CT molecular complexity index is 1280. The Morgan fingerprint density at radius 2 is 1.97 bits per heavy atom. The average molecular weight is 497 g/mol. The molecule has 0 aliphatic heterocycles. The van der Waals surface area contributed by atoms with Crippen molar-refractivity contribution in [2.24, 2.45) is 0 Å². The summed E-state index contributed by atoms with van der Waals surface area (Å²) in [6.07, 6.45) is 3.55. The number of benzene rings is 1. The van der Waals surface area contributed by atoms with Crippen LogP contribution in [0, 0.1) is 6.92 Å². The monoisotopic (exact) mass is 496 g/mol. The Morgan fingerprint density at radius 3 is 2.68 bits per heavy atom. The number of esters is 1. The number of thiophene rings is 1. The van der Waals surface area contributed by atoms with Gasteiger partial charge < -0.3 is 9.64 Å². The Labute approximate surface area is 206 Å². The van der Waals surface area contributed by atoms with Crippen LogP contribution in [0.3, 0.4) is 0 Å². The van der Waals surface area contributed by atoms with Crippen molar-refractivity contribution in [1.82, 2.24) is 19.7 Å². The van der Waals surface area contributed by atoms with Gasteiger partial charge in [0.05, 0.1) is 30.1 Å². The van der Waals surface area contributed by atoms with Crippen LogP contribution in [0.1, 0.15) is 39.8 Å². The smallest absolute Gasteiger partial charge is 0.307 e. The van der Waals surface area contributed by atoms with E-state index in [9.17, 15) is 9.59 Å². The first-order valence-electron chi connectivity index (χ1n) is 11.0. The molecule has 1 amide bonds. The summed E-state index contributed by atoms with van der Waals surface area (Å²) in [7, 11) is 0. The highest BCUT2D eigenvalue weighted by Gasteiger charge is 2.22. The fourth-order valence-electron chi connectivity index (χ4n) is 3.67. The van der Waals surface area contributed by atoms with Gasteiger partial charge in [0.1, 0.15) is 4.83 Å². The first-order chi connectivity index (χ1) is 16.4. The molecule has 0 spiro atoms. The molecule has 176 valence electrons. The van der Waals surface area contributed by atoms with Gasteiger partial charge in [0, 0.05) is 35.9 Å². The molecule has 0 bridgehead atoms. The third-order valence-corrected chi connectivity index (χ3v) is 6.73. The lowest BCUT2D eigenvalue weighted by atomic mass is 10.2. The maximum absolute atomic E-state index is 13.5. The van der Waals surface area contributed by atoms with Crippen molar-refractivity contribution in [2.45, 2.75) is 33.4 Å². The second kappa shape index (κ2) is 10.8. The molecule has 9 heteroatoms. The maximum Gasteiger partial charge on any atom is 0.307 e. The zero-order valence-corrected chi connectivity index (χ0v) is 20.6. The van der Waals surface area contributed by atoms with Crippen molar-refractivity contribution in [1.29, 1.82) is 0 Å². The summed E-state index contributed by atoms with van der Waals surface area (Å²) in [6.45, 7) is 5.22. The lowest BCUT2D eigenvalue weighted by molar-refractivity contribution is -0.143. The summed E-state index contributed by atoms with van der Waals surface area (Å²) in [4.78, 5) is 32.8. The van der Waals surface area contributed by atoms with E-state index in [1.807, 2.05) is 54.1 Å². The van der Waals surface area contributed by atoms with Crippen molar-refractivity contribution in [3.63, 3.8) is 0 Å². The fraction of sp³-hybridized carbons (Fsp3) is 0.280. The molecule has 0 fully saturated rings. The van der Waals surface area contributed by atoms with E-state index in [0.717, 1.165) is 27.0 Å². The van der Waals surface area contributed by atoms with E-state index in [1.165, 1.54) is 11.3 Å².